The normalized spacial score (nSPS) is 21.6. The number of nitrogens with zero attached hydrogens (tertiary/aromatic N) is 1. The number of aliphatic imine (C=N–C) groups is 1. The van der Waals surface area contributed by atoms with Crippen LogP contribution < -0.4 is 5.73 Å². The molecule has 0 aliphatic heterocycles. The summed E-state index contributed by atoms with van der Waals surface area (Å²) in [5.74, 6) is 0. The van der Waals surface area contributed by atoms with Gasteiger partial charge in [-0.1, -0.05) is 0 Å². The van der Waals surface area contributed by atoms with Crippen LogP contribution in [0.3, 0.4) is 0 Å². The molecule has 2 N–H and O–H groups in total. The third-order valence-electron chi connectivity index (χ3n) is 1.95. The summed E-state index contributed by atoms with van der Waals surface area (Å²) in [6.07, 6.45) is 5.35. The molecule has 0 bridgehead atoms. The summed E-state index contributed by atoms with van der Waals surface area (Å²) in [4.78, 5) is 4.44. The molecule has 0 atom stereocenters. The van der Waals surface area contributed by atoms with Crippen LogP contribution in [0.1, 0.15) is 26.2 Å². The quantitative estimate of drug-likeness (QED) is 0.707. The first-order valence-electron chi connectivity index (χ1n) is 3.86. The van der Waals surface area contributed by atoms with Crippen LogP contribution in [0.5, 0.6) is 0 Å². The predicted molar refractivity (Wildman–Crippen MR) is 51.9 cm³/mol. The van der Waals surface area contributed by atoms with Gasteiger partial charge in [-0.25, -0.2) is 0 Å². The molecule has 11 heavy (non-hydrogen) atoms. The zero-order valence-corrected chi connectivity index (χ0v) is 8.26. The van der Waals surface area contributed by atoms with Gasteiger partial charge in [0.25, 0.3) is 0 Å². The maximum absolute atomic E-state index is 5.34. The number of hydrogen-bond acceptors (Lipinski definition) is 2. The summed E-state index contributed by atoms with van der Waals surface area (Å²) >= 11 is 3.38. The van der Waals surface area contributed by atoms with Gasteiger partial charge in [0, 0.05) is 0 Å². The topological polar surface area (TPSA) is 38.4 Å². The second-order valence-electron chi connectivity index (χ2n) is 2.85. The second-order valence-corrected chi connectivity index (χ2v) is 3.61. The number of allylic oxidation sites excluding steroid dienone is 1. The van der Waals surface area contributed by atoms with E-state index in [1.54, 1.807) is 6.20 Å². The van der Waals surface area contributed by atoms with Crippen LogP contribution in [0.15, 0.2) is 16.8 Å². The molecule has 1 rings (SSSR count). The lowest BCUT2D eigenvalue weighted by Crippen LogP contribution is -2.16. The van der Waals surface area contributed by atoms with Crippen molar-refractivity contribution in [1.82, 2.24) is 0 Å². The predicted octanol–water partition coefficient (Wildman–Crippen LogP) is 2.19. The Balaban J connectivity index is 2.50. The Morgan fingerprint density at radius 1 is 1.64 bits per heavy atom. The fourth-order valence-corrected chi connectivity index (χ4v) is 1.27. The maximum atomic E-state index is 5.34. The fourth-order valence-electron chi connectivity index (χ4n) is 0.847. The van der Waals surface area contributed by atoms with E-state index in [1.807, 2.05) is 6.92 Å². The van der Waals surface area contributed by atoms with Gasteiger partial charge >= 0.3 is 0 Å². The van der Waals surface area contributed by atoms with E-state index >= 15 is 0 Å². The highest BCUT2D eigenvalue weighted by molar-refractivity contribution is 9.18. The second kappa shape index (κ2) is 3.90. The smallest absolute Gasteiger partial charge is 0.105 e. The molecule has 0 saturated heterocycles. The lowest BCUT2D eigenvalue weighted by Gasteiger charge is -2.21. The van der Waals surface area contributed by atoms with Crippen molar-refractivity contribution in [2.24, 2.45) is 10.7 Å². The van der Waals surface area contributed by atoms with Crippen molar-refractivity contribution in [3.05, 3.63) is 11.8 Å². The summed E-state index contributed by atoms with van der Waals surface area (Å²) in [6.45, 7) is 1.95. The monoisotopic (exact) mass is 216 g/mol. The van der Waals surface area contributed by atoms with E-state index in [4.69, 9.17) is 5.73 Å². The third-order valence-corrected chi connectivity index (χ3v) is 2.78. The Kier molecular flexibility index (Phi) is 3.12. The Labute approximate surface area is 75.7 Å². The van der Waals surface area contributed by atoms with Gasteiger partial charge in [-0.15, -0.1) is 0 Å². The van der Waals surface area contributed by atoms with Gasteiger partial charge in [0.1, 0.15) is 4.62 Å². The largest absolute Gasteiger partial charge is 0.404 e. The van der Waals surface area contributed by atoms with Crippen molar-refractivity contribution >= 4 is 20.6 Å². The first-order chi connectivity index (χ1) is 5.24. The molecule has 1 saturated carbocycles. The zero-order valence-electron chi connectivity index (χ0n) is 6.68. The summed E-state index contributed by atoms with van der Waals surface area (Å²) < 4.78 is 0.907. The van der Waals surface area contributed by atoms with E-state index in [0.717, 1.165) is 10.2 Å². The molecule has 0 aromatic carbocycles. The lowest BCUT2D eigenvalue weighted by molar-refractivity contribution is 0.421. The molecule has 1 aliphatic carbocycles. The van der Waals surface area contributed by atoms with Crippen LogP contribution in [-0.2, 0) is 0 Å². The van der Waals surface area contributed by atoms with Crippen molar-refractivity contribution < 1.29 is 0 Å². The maximum Gasteiger partial charge on any atom is 0.105 e. The Morgan fingerprint density at radius 2 is 2.27 bits per heavy atom. The molecule has 0 unspecified atom stereocenters. The van der Waals surface area contributed by atoms with Gasteiger partial charge in [-0.05, 0) is 53.9 Å². The van der Waals surface area contributed by atoms with Crippen molar-refractivity contribution in [3.8, 4) is 0 Å². The van der Waals surface area contributed by atoms with Crippen molar-refractivity contribution in [3.63, 3.8) is 0 Å². The van der Waals surface area contributed by atoms with Crippen LogP contribution in [0.25, 0.3) is 0 Å². The minimum atomic E-state index is 0.541. The van der Waals surface area contributed by atoms with Gasteiger partial charge in [0.05, 0.1) is 6.04 Å². The average molecular weight is 217 g/mol. The van der Waals surface area contributed by atoms with E-state index in [-0.39, 0.29) is 0 Å². The molecule has 1 aliphatic rings. The minimum Gasteiger partial charge on any atom is -0.404 e. The van der Waals surface area contributed by atoms with E-state index in [9.17, 15) is 0 Å². The highest BCUT2D eigenvalue weighted by atomic mass is 79.9. The molecular weight excluding hydrogens is 204 g/mol. The molecule has 0 spiro atoms. The number of halogens is 1. The van der Waals surface area contributed by atoms with Crippen LogP contribution in [0, 0.1) is 0 Å². The molecule has 62 valence electrons. The van der Waals surface area contributed by atoms with Crippen LogP contribution in [-0.4, -0.2) is 10.7 Å². The van der Waals surface area contributed by atoms with Gasteiger partial charge in [-0.2, -0.15) is 0 Å². The lowest BCUT2D eigenvalue weighted by atomic mass is 9.94. The molecule has 2 nitrogen and oxygen atoms in total. The fraction of sp³-hybridized carbons (Fsp3) is 0.625. The number of nitrogens with two attached hydrogens (primary N) is 1. The molecular formula is C8H13BrN2. The Hall–Kier alpha value is -0.310. The van der Waals surface area contributed by atoms with E-state index in [1.165, 1.54) is 19.3 Å². The summed E-state index contributed by atoms with van der Waals surface area (Å²) in [6, 6.07) is 0.541. The minimum absolute atomic E-state index is 0.541. The van der Waals surface area contributed by atoms with Gasteiger partial charge in [-0.3, -0.25) is 4.99 Å². The first-order valence-corrected chi connectivity index (χ1v) is 4.65. The van der Waals surface area contributed by atoms with Gasteiger partial charge < -0.3 is 5.73 Å². The third kappa shape index (κ3) is 2.33. The highest BCUT2D eigenvalue weighted by Crippen LogP contribution is 2.23. The van der Waals surface area contributed by atoms with Crippen molar-refractivity contribution in [2.45, 2.75) is 32.2 Å². The molecule has 3 heteroatoms. The zero-order chi connectivity index (χ0) is 8.27. The standard InChI is InChI=1S/C8H13BrN2/c1-6(5-10)8(9)11-7-3-2-4-7/h5,7H,2-4,10H2,1H3. The van der Waals surface area contributed by atoms with Gasteiger partial charge in [0.2, 0.25) is 0 Å². The van der Waals surface area contributed by atoms with Crippen LogP contribution in [0.4, 0.5) is 0 Å². The van der Waals surface area contributed by atoms with E-state index in [2.05, 4.69) is 20.9 Å². The Bertz CT molecular complexity index is 192. The summed E-state index contributed by atoms with van der Waals surface area (Å²) in [7, 11) is 0. The Morgan fingerprint density at radius 3 is 2.64 bits per heavy atom. The SMILES string of the molecule is CC(=CN)C(Br)=NC1CCC1. The van der Waals surface area contributed by atoms with Crippen molar-refractivity contribution in [2.75, 3.05) is 0 Å². The van der Waals surface area contributed by atoms with Crippen LogP contribution in [0.2, 0.25) is 0 Å². The highest BCUT2D eigenvalue weighted by Gasteiger charge is 2.16. The van der Waals surface area contributed by atoms with Crippen molar-refractivity contribution in [1.29, 1.82) is 0 Å². The van der Waals surface area contributed by atoms with Gasteiger partial charge in [0.15, 0.2) is 0 Å². The molecule has 0 aromatic heterocycles. The van der Waals surface area contributed by atoms with E-state index in [0.29, 0.717) is 6.04 Å². The molecule has 0 aromatic rings. The summed E-state index contributed by atoms with van der Waals surface area (Å²) in [5, 5.41) is 0. The van der Waals surface area contributed by atoms with Crippen LogP contribution >= 0.6 is 15.9 Å². The molecule has 0 radical (unpaired) electrons. The molecule has 1 fully saturated rings. The van der Waals surface area contributed by atoms with E-state index < -0.39 is 0 Å². The first kappa shape index (κ1) is 8.78. The molecule has 0 heterocycles. The number of hydrogen-bond donors (Lipinski definition) is 1. The summed E-state index contributed by atoms with van der Waals surface area (Å²) in [5.41, 5.74) is 6.35. The number of rotatable bonds is 2. The average Bonchev–Trinajstić information content (AvgIpc) is 1.94. The molecule has 0 amide bonds.